The van der Waals surface area contributed by atoms with Crippen LogP contribution in [0.1, 0.15) is 18.4 Å². The summed E-state index contributed by atoms with van der Waals surface area (Å²) in [5.41, 5.74) is 4.17. The highest BCUT2D eigenvalue weighted by atomic mass is 16.5. The van der Waals surface area contributed by atoms with Gasteiger partial charge in [-0.2, -0.15) is 0 Å². The lowest BCUT2D eigenvalue weighted by molar-refractivity contribution is -0.125. The Bertz CT molecular complexity index is 1250. The number of nitrogens with one attached hydrogen (secondary N) is 2. The first-order chi connectivity index (χ1) is 16.7. The lowest BCUT2D eigenvalue weighted by Gasteiger charge is -2.32. The van der Waals surface area contributed by atoms with Crippen molar-refractivity contribution in [1.82, 2.24) is 20.5 Å². The molecule has 0 radical (unpaired) electrons. The van der Waals surface area contributed by atoms with Gasteiger partial charge in [0.25, 0.3) is 0 Å². The summed E-state index contributed by atoms with van der Waals surface area (Å²) < 4.78 is 5.22. The second-order valence-corrected chi connectivity index (χ2v) is 8.69. The average molecular weight is 456 g/mol. The van der Waals surface area contributed by atoms with Crippen molar-refractivity contribution in [3.05, 3.63) is 72.4 Å². The number of benzene rings is 2. The molecule has 3 heterocycles. The molecule has 2 aromatic heterocycles. The Balaban J connectivity index is 1.16. The number of piperidine rings is 1. The zero-order valence-corrected chi connectivity index (χ0v) is 19.3. The van der Waals surface area contributed by atoms with Crippen LogP contribution in [0.15, 0.2) is 66.9 Å². The Morgan fingerprint density at radius 2 is 1.97 bits per heavy atom. The molecule has 0 saturated carbocycles. The first-order valence-corrected chi connectivity index (χ1v) is 11.8. The van der Waals surface area contributed by atoms with Crippen molar-refractivity contribution in [2.24, 2.45) is 5.92 Å². The molecule has 0 bridgehead atoms. The molecule has 1 amide bonds. The number of rotatable bonds is 7. The zero-order valence-electron chi connectivity index (χ0n) is 19.3. The molecule has 0 spiro atoms. The maximum atomic E-state index is 12.9. The zero-order chi connectivity index (χ0) is 23.3. The molecule has 4 aromatic rings. The van der Waals surface area contributed by atoms with Crippen molar-refractivity contribution >= 4 is 22.6 Å². The number of fused-ring (bicyclic) bond motifs is 1. The standard InChI is InChI=1S/C27H29N5O2/c1-34-22-10-8-19(9-11-22)24-12-13-26(31-30-24)32-16-4-5-21(18-32)27(33)28-15-14-20-17-29-25-7-3-2-6-23(20)25/h2-3,6-13,17,21,29H,4-5,14-16,18H2,1H3,(H,28,33)/t21-/m0/s1. The second kappa shape index (κ2) is 9.95. The minimum Gasteiger partial charge on any atom is -0.497 e. The molecule has 34 heavy (non-hydrogen) atoms. The number of para-hydroxylation sites is 1. The van der Waals surface area contributed by atoms with Gasteiger partial charge in [0.1, 0.15) is 5.75 Å². The van der Waals surface area contributed by atoms with E-state index in [4.69, 9.17) is 4.74 Å². The van der Waals surface area contributed by atoms with Crippen molar-refractivity contribution in [2.75, 3.05) is 31.6 Å². The van der Waals surface area contributed by atoms with Gasteiger partial charge in [0.2, 0.25) is 5.91 Å². The maximum Gasteiger partial charge on any atom is 0.224 e. The number of anilines is 1. The number of carbonyl (C=O) groups excluding carboxylic acids is 1. The molecule has 7 nitrogen and oxygen atoms in total. The highest BCUT2D eigenvalue weighted by molar-refractivity contribution is 5.83. The molecule has 0 unspecified atom stereocenters. The Kier molecular flexibility index (Phi) is 6.42. The number of carbonyl (C=O) groups is 1. The highest BCUT2D eigenvalue weighted by Crippen LogP contribution is 2.25. The quantitative estimate of drug-likeness (QED) is 0.436. The van der Waals surface area contributed by atoms with Crippen LogP contribution >= 0.6 is 0 Å². The molecule has 5 rings (SSSR count). The molecular formula is C27H29N5O2. The lowest BCUT2D eigenvalue weighted by Crippen LogP contribution is -2.43. The van der Waals surface area contributed by atoms with Crippen LogP contribution in [0.3, 0.4) is 0 Å². The minimum atomic E-state index is -0.0419. The van der Waals surface area contributed by atoms with E-state index in [9.17, 15) is 4.79 Å². The van der Waals surface area contributed by atoms with E-state index in [1.165, 1.54) is 10.9 Å². The van der Waals surface area contributed by atoms with E-state index >= 15 is 0 Å². The van der Waals surface area contributed by atoms with E-state index in [0.29, 0.717) is 13.1 Å². The summed E-state index contributed by atoms with van der Waals surface area (Å²) in [4.78, 5) is 18.3. The van der Waals surface area contributed by atoms with Crippen molar-refractivity contribution < 1.29 is 9.53 Å². The van der Waals surface area contributed by atoms with E-state index < -0.39 is 0 Å². The predicted molar refractivity (Wildman–Crippen MR) is 134 cm³/mol. The van der Waals surface area contributed by atoms with Crippen LogP contribution in [-0.4, -0.2) is 47.8 Å². The van der Waals surface area contributed by atoms with Crippen molar-refractivity contribution in [1.29, 1.82) is 0 Å². The fourth-order valence-corrected chi connectivity index (χ4v) is 4.61. The van der Waals surface area contributed by atoms with Crippen LogP contribution in [0, 0.1) is 5.92 Å². The fraction of sp³-hybridized carbons (Fsp3) is 0.296. The summed E-state index contributed by atoms with van der Waals surface area (Å²) in [6.07, 6.45) is 4.70. The van der Waals surface area contributed by atoms with Gasteiger partial charge in [-0.25, -0.2) is 0 Å². The molecule has 1 atom stereocenters. The molecule has 1 aliphatic rings. The van der Waals surface area contributed by atoms with Gasteiger partial charge in [0.15, 0.2) is 5.82 Å². The van der Waals surface area contributed by atoms with Crippen molar-refractivity contribution in [3.8, 4) is 17.0 Å². The van der Waals surface area contributed by atoms with Crippen molar-refractivity contribution in [2.45, 2.75) is 19.3 Å². The van der Waals surface area contributed by atoms with Gasteiger partial charge in [0, 0.05) is 42.3 Å². The van der Waals surface area contributed by atoms with E-state index in [1.54, 1.807) is 7.11 Å². The van der Waals surface area contributed by atoms with Gasteiger partial charge in [-0.05, 0) is 67.3 Å². The molecule has 2 aromatic carbocycles. The number of amides is 1. The van der Waals surface area contributed by atoms with E-state index in [-0.39, 0.29) is 11.8 Å². The number of hydrogen-bond acceptors (Lipinski definition) is 5. The van der Waals surface area contributed by atoms with Gasteiger partial charge in [-0.3, -0.25) is 4.79 Å². The number of H-pyrrole nitrogens is 1. The average Bonchev–Trinajstić information content (AvgIpc) is 3.32. The van der Waals surface area contributed by atoms with Gasteiger partial charge in [-0.1, -0.05) is 18.2 Å². The number of aromatic amines is 1. The van der Waals surface area contributed by atoms with Crippen LogP contribution < -0.4 is 15.0 Å². The third-order valence-corrected chi connectivity index (χ3v) is 6.52. The number of hydrogen-bond donors (Lipinski definition) is 2. The molecule has 174 valence electrons. The number of ether oxygens (including phenoxy) is 1. The Morgan fingerprint density at radius 3 is 2.76 bits per heavy atom. The first-order valence-electron chi connectivity index (χ1n) is 11.8. The predicted octanol–water partition coefficient (Wildman–Crippen LogP) is 4.21. The summed E-state index contributed by atoms with van der Waals surface area (Å²) in [6.45, 7) is 2.18. The van der Waals surface area contributed by atoms with Crippen LogP contribution in [0.25, 0.3) is 22.2 Å². The first kappa shape index (κ1) is 21.9. The fourth-order valence-electron chi connectivity index (χ4n) is 4.61. The lowest BCUT2D eigenvalue weighted by atomic mass is 9.97. The van der Waals surface area contributed by atoms with Crippen molar-refractivity contribution in [3.63, 3.8) is 0 Å². The summed E-state index contributed by atoms with van der Waals surface area (Å²) in [6, 6.07) is 20.0. The highest BCUT2D eigenvalue weighted by Gasteiger charge is 2.26. The molecule has 1 aliphatic heterocycles. The van der Waals surface area contributed by atoms with E-state index in [1.807, 2.05) is 54.7 Å². The molecule has 7 heteroatoms. The van der Waals surface area contributed by atoms with E-state index in [0.717, 1.165) is 54.1 Å². The third kappa shape index (κ3) is 4.73. The molecular weight excluding hydrogens is 426 g/mol. The van der Waals surface area contributed by atoms with Crippen LogP contribution in [-0.2, 0) is 11.2 Å². The smallest absolute Gasteiger partial charge is 0.224 e. The molecule has 2 N–H and O–H groups in total. The van der Waals surface area contributed by atoms with E-state index in [2.05, 4.69) is 37.5 Å². The third-order valence-electron chi connectivity index (χ3n) is 6.52. The van der Waals surface area contributed by atoms with Gasteiger partial charge < -0.3 is 19.9 Å². The Labute approximate surface area is 199 Å². The van der Waals surface area contributed by atoms with Crippen LogP contribution in [0.5, 0.6) is 5.75 Å². The van der Waals surface area contributed by atoms with Gasteiger partial charge in [-0.15, -0.1) is 10.2 Å². The van der Waals surface area contributed by atoms with Gasteiger partial charge in [0.05, 0.1) is 18.7 Å². The van der Waals surface area contributed by atoms with Crippen LogP contribution in [0.2, 0.25) is 0 Å². The second-order valence-electron chi connectivity index (χ2n) is 8.69. The van der Waals surface area contributed by atoms with Crippen LogP contribution in [0.4, 0.5) is 5.82 Å². The topological polar surface area (TPSA) is 83.1 Å². The van der Waals surface area contributed by atoms with Gasteiger partial charge >= 0.3 is 0 Å². The molecule has 1 saturated heterocycles. The summed E-state index contributed by atoms with van der Waals surface area (Å²) in [5.74, 6) is 1.70. The summed E-state index contributed by atoms with van der Waals surface area (Å²) in [7, 11) is 1.65. The largest absolute Gasteiger partial charge is 0.497 e. The number of aromatic nitrogens is 3. The molecule has 0 aliphatic carbocycles. The summed E-state index contributed by atoms with van der Waals surface area (Å²) in [5, 5.41) is 13.2. The number of methoxy groups -OCH3 is 1. The summed E-state index contributed by atoms with van der Waals surface area (Å²) >= 11 is 0. The monoisotopic (exact) mass is 455 g/mol. The minimum absolute atomic E-state index is 0.0419. The SMILES string of the molecule is COc1ccc(-c2ccc(N3CCC[C@H](C(=O)NCCc4c[nH]c5ccccc45)C3)nn2)cc1. The molecule has 1 fully saturated rings. The number of nitrogens with zero attached hydrogens (tertiary/aromatic N) is 3. The normalized spacial score (nSPS) is 15.9. The Hall–Kier alpha value is -3.87. The Morgan fingerprint density at radius 1 is 1.12 bits per heavy atom. The maximum absolute atomic E-state index is 12.9.